The maximum atomic E-state index is 12.2. The predicted octanol–water partition coefficient (Wildman–Crippen LogP) is 5.16. The zero-order valence-corrected chi connectivity index (χ0v) is 16.4. The fourth-order valence-corrected chi connectivity index (χ4v) is 4.20. The van der Waals surface area contributed by atoms with E-state index in [1.807, 2.05) is 24.3 Å². The van der Waals surface area contributed by atoms with Crippen LogP contribution in [0, 0.1) is 10.1 Å². The Morgan fingerprint density at radius 2 is 2.04 bits per heavy atom. The third-order valence-corrected chi connectivity index (χ3v) is 5.91. The number of carbonyl (C=O) groups excluding carboxylic acids is 1. The van der Waals surface area contributed by atoms with Crippen LogP contribution in [0.4, 0.5) is 5.69 Å². The molecule has 0 radical (unpaired) electrons. The van der Waals surface area contributed by atoms with Gasteiger partial charge in [-0.3, -0.25) is 14.9 Å². The van der Waals surface area contributed by atoms with Crippen molar-refractivity contribution in [2.45, 2.75) is 5.75 Å². The lowest BCUT2D eigenvalue weighted by atomic mass is 10.1. The van der Waals surface area contributed by atoms with Gasteiger partial charge in [-0.15, -0.1) is 0 Å². The molecule has 2 aromatic carbocycles. The summed E-state index contributed by atoms with van der Waals surface area (Å²) in [6.07, 6.45) is 1.54. The molecule has 1 aliphatic heterocycles. The number of hydrogen-bond acceptors (Lipinski definition) is 7. The van der Waals surface area contributed by atoms with Gasteiger partial charge in [0.2, 0.25) is 5.12 Å². The van der Waals surface area contributed by atoms with Crippen LogP contribution in [0.1, 0.15) is 11.1 Å². The van der Waals surface area contributed by atoms with E-state index in [4.69, 9.17) is 16.3 Å². The van der Waals surface area contributed by atoms with E-state index >= 15 is 0 Å². The molecule has 6 nitrogen and oxygen atoms in total. The first kappa shape index (κ1) is 19.5. The Labute approximate surface area is 168 Å². The highest BCUT2D eigenvalue weighted by molar-refractivity contribution is 8.45. The summed E-state index contributed by atoms with van der Waals surface area (Å²) in [7, 11) is 1.37. The number of nitro benzene ring substituents is 1. The van der Waals surface area contributed by atoms with E-state index in [-0.39, 0.29) is 22.2 Å². The number of ether oxygens (including phenoxy) is 1. The Hall–Kier alpha value is -2.29. The number of rotatable bonds is 5. The van der Waals surface area contributed by atoms with Gasteiger partial charge in [0.25, 0.3) is 0 Å². The maximum Gasteiger partial charge on any atom is 0.311 e. The van der Waals surface area contributed by atoms with Crippen LogP contribution >= 0.6 is 35.1 Å². The summed E-state index contributed by atoms with van der Waals surface area (Å²) >= 11 is 8.38. The van der Waals surface area contributed by atoms with Crippen LogP contribution in [0.25, 0.3) is 6.08 Å². The molecule has 1 heterocycles. The molecule has 0 amide bonds. The number of carbonyl (C=O) groups is 1. The molecule has 0 unspecified atom stereocenters. The minimum atomic E-state index is -0.525. The van der Waals surface area contributed by atoms with E-state index in [2.05, 4.69) is 4.99 Å². The summed E-state index contributed by atoms with van der Waals surface area (Å²) in [5, 5.41) is 11.6. The Kier molecular flexibility index (Phi) is 6.20. The number of aliphatic imine (C=N–C) groups is 1. The summed E-state index contributed by atoms with van der Waals surface area (Å²) < 4.78 is 5.62. The van der Waals surface area contributed by atoms with Gasteiger partial charge in [-0.25, -0.2) is 4.99 Å². The van der Waals surface area contributed by atoms with Crippen LogP contribution in [0.3, 0.4) is 0 Å². The van der Waals surface area contributed by atoms with Gasteiger partial charge < -0.3 is 4.74 Å². The van der Waals surface area contributed by atoms with E-state index in [1.165, 1.54) is 37.1 Å². The molecular formula is C18H13ClN2O4S2. The highest BCUT2D eigenvalue weighted by Crippen LogP contribution is 2.34. The normalized spacial score (nSPS) is 15.1. The van der Waals surface area contributed by atoms with E-state index in [9.17, 15) is 14.9 Å². The van der Waals surface area contributed by atoms with Crippen LogP contribution in [0.2, 0.25) is 5.02 Å². The van der Waals surface area contributed by atoms with E-state index < -0.39 is 4.92 Å². The molecule has 138 valence electrons. The van der Waals surface area contributed by atoms with Crippen molar-refractivity contribution in [1.29, 1.82) is 0 Å². The lowest BCUT2D eigenvalue weighted by Crippen LogP contribution is -1.94. The fourth-order valence-electron chi connectivity index (χ4n) is 2.27. The highest BCUT2D eigenvalue weighted by atomic mass is 35.5. The van der Waals surface area contributed by atoms with E-state index in [0.29, 0.717) is 20.7 Å². The summed E-state index contributed by atoms with van der Waals surface area (Å²) in [4.78, 5) is 27.1. The topological polar surface area (TPSA) is 81.8 Å². The first-order chi connectivity index (χ1) is 13.0. The molecule has 0 aliphatic carbocycles. The molecule has 0 fully saturated rings. The van der Waals surface area contributed by atoms with Crippen molar-refractivity contribution in [2.24, 2.45) is 4.99 Å². The second-order valence-corrected chi connectivity index (χ2v) is 8.02. The largest absolute Gasteiger partial charge is 0.490 e. The Morgan fingerprint density at radius 1 is 1.30 bits per heavy atom. The minimum Gasteiger partial charge on any atom is -0.490 e. The molecule has 0 atom stereocenters. The van der Waals surface area contributed by atoms with Crippen molar-refractivity contribution in [1.82, 2.24) is 0 Å². The molecule has 0 bridgehead atoms. The Bertz CT molecular complexity index is 958. The monoisotopic (exact) mass is 420 g/mol. The molecule has 0 saturated carbocycles. The molecule has 0 N–H and O–H groups in total. The summed E-state index contributed by atoms with van der Waals surface area (Å²) in [6, 6.07) is 12.0. The smallest absolute Gasteiger partial charge is 0.311 e. The number of halogens is 1. The molecular weight excluding hydrogens is 408 g/mol. The number of thioether (sulfide) groups is 2. The summed E-state index contributed by atoms with van der Waals surface area (Å²) in [6.45, 7) is 0. The van der Waals surface area contributed by atoms with Gasteiger partial charge in [0, 0.05) is 16.8 Å². The third-order valence-electron chi connectivity index (χ3n) is 3.58. The van der Waals surface area contributed by atoms with E-state index in [0.717, 1.165) is 17.3 Å². The standard InChI is InChI=1S/C18H13ClN2O4S2/c1-25-16-7-4-12(9-15(16)21(23)24)8-14-17(22)27-18(20-14)26-10-11-2-5-13(19)6-3-11/h2-9H,10H2,1H3/b14-8+. The van der Waals surface area contributed by atoms with Crippen molar-refractivity contribution in [3.8, 4) is 5.75 Å². The van der Waals surface area contributed by atoms with Gasteiger partial charge >= 0.3 is 5.69 Å². The number of nitro groups is 1. The second-order valence-electron chi connectivity index (χ2n) is 5.40. The highest BCUT2D eigenvalue weighted by Gasteiger charge is 2.23. The van der Waals surface area contributed by atoms with Gasteiger partial charge in [0.15, 0.2) is 5.75 Å². The number of hydrogen-bond donors (Lipinski definition) is 0. The van der Waals surface area contributed by atoms with Crippen LogP contribution < -0.4 is 4.74 Å². The van der Waals surface area contributed by atoms with Crippen molar-refractivity contribution in [3.05, 3.63) is 74.4 Å². The Balaban J connectivity index is 1.76. The molecule has 0 aromatic heterocycles. The molecule has 2 aromatic rings. The first-order valence-electron chi connectivity index (χ1n) is 7.68. The van der Waals surface area contributed by atoms with Crippen molar-refractivity contribution >= 4 is 56.4 Å². The quantitative estimate of drug-likeness (QED) is 0.377. The lowest BCUT2D eigenvalue weighted by molar-refractivity contribution is -0.385. The summed E-state index contributed by atoms with van der Waals surface area (Å²) in [5.74, 6) is 0.828. The van der Waals surface area contributed by atoms with Crippen molar-refractivity contribution < 1.29 is 14.5 Å². The van der Waals surface area contributed by atoms with Crippen LogP contribution in [-0.2, 0) is 10.5 Å². The zero-order valence-electron chi connectivity index (χ0n) is 14.0. The molecule has 27 heavy (non-hydrogen) atoms. The fraction of sp³-hybridized carbons (Fsp3) is 0.111. The number of nitrogens with zero attached hydrogens (tertiary/aromatic N) is 2. The maximum absolute atomic E-state index is 12.2. The van der Waals surface area contributed by atoms with Crippen molar-refractivity contribution in [3.63, 3.8) is 0 Å². The average Bonchev–Trinajstić information content (AvgIpc) is 3.00. The summed E-state index contributed by atoms with van der Waals surface area (Å²) in [5.41, 5.74) is 1.69. The molecule has 0 spiro atoms. The number of benzene rings is 2. The molecule has 0 saturated heterocycles. The number of methoxy groups -OCH3 is 1. The van der Waals surface area contributed by atoms with Crippen molar-refractivity contribution in [2.75, 3.05) is 7.11 Å². The van der Waals surface area contributed by atoms with Gasteiger partial charge in [-0.05, 0) is 47.2 Å². The third kappa shape index (κ3) is 4.91. The van der Waals surface area contributed by atoms with E-state index in [1.54, 1.807) is 6.07 Å². The second kappa shape index (κ2) is 8.60. The minimum absolute atomic E-state index is 0.161. The lowest BCUT2D eigenvalue weighted by Gasteiger charge is -2.02. The predicted molar refractivity (Wildman–Crippen MR) is 110 cm³/mol. The van der Waals surface area contributed by atoms with Gasteiger partial charge in [0.1, 0.15) is 10.1 Å². The first-order valence-corrected chi connectivity index (χ1v) is 9.86. The van der Waals surface area contributed by atoms with Crippen LogP contribution in [0.15, 0.2) is 53.2 Å². The zero-order chi connectivity index (χ0) is 19.4. The molecule has 3 rings (SSSR count). The Morgan fingerprint density at radius 3 is 2.70 bits per heavy atom. The van der Waals surface area contributed by atoms with Gasteiger partial charge in [-0.2, -0.15) is 0 Å². The SMILES string of the molecule is COc1ccc(/C=C2/N=C(SCc3ccc(Cl)cc3)SC2=O)cc1[N+](=O)[O-]. The molecule has 9 heteroatoms. The van der Waals surface area contributed by atoms with Gasteiger partial charge in [-0.1, -0.05) is 41.6 Å². The van der Waals surface area contributed by atoms with Crippen LogP contribution in [0.5, 0.6) is 5.75 Å². The molecule has 1 aliphatic rings. The average molecular weight is 421 g/mol. The van der Waals surface area contributed by atoms with Gasteiger partial charge in [0.05, 0.1) is 12.0 Å². The van der Waals surface area contributed by atoms with Crippen LogP contribution in [-0.4, -0.2) is 21.5 Å².